The quantitative estimate of drug-likeness (QED) is 0.183. The molecule has 1 aliphatic heterocycles. The lowest BCUT2D eigenvalue weighted by Gasteiger charge is -2.41. The van der Waals surface area contributed by atoms with E-state index in [4.69, 9.17) is 22.4 Å². The van der Waals surface area contributed by atoms with Crippen molar-refractivity contribution >= 4 is 41.4 Å². The Labute approximate surface area is 202 Å². The maximum Gasteiger partial charge on any atom is 0.305 e. The van der Waals surface area contributed by atoms with Crippen molar-refractivity contribution in [2.24, 2.45) is 11.8 Å². The molecule has 2 fully saturated rings. The molecule has 2 bridgehead atoms. The minimum absolute atomic E-state index is 0.00741. The molecule has 6 N–H and O–H groups in total. The molecule has 1 saturated carbocycles. The molecule has 3 rings (SSSR count). The van der Waals surface area contributed by atoms with Gasteiger partial charge in [0.25, 0.3) is 5.91 Å². The van der Waals surface area contributed by atoms with Crippen molar-refractivity contribution in [3.8, 4) is 0 Å². The number of carboxylic acids is 1. The maximum absolute atomic E-state index is 13.7. The molecule has 0 spiro atoms. The highest BCUT2D eigenvalue weighted by Gasteiger charge is 2.52. The van der Waals surface area contributed by atoms with Crippen molar-refractivity contribution in [2.45, 2.75) is 69.9 Å². The Morgan fingerprint density at radius 1 is 1.29 bits per heavy atom. The molecule has 34 heavy (non-hydrogen) atoms. The van der Waals surface area contributed by atoms with Crippen LogP contribution in [-0.2, 0) is 14.4 Å². The second-order valence-corrected chi connectivity index (χ2v) is 9.75. The summed E-state index contributed by atoms with van der Waals surface area (Å²) in [5.41, 5.74) is 6.31. The minimum atomic E-state index is -1.28. The average molecular weight is 495 g/mol. The number of anilines is 1. The second-order valence-electron chi connectivity index (χ2n) is 9.35. The van der Waals surface area contributed by atoms with Crippen molar-refractivity contribution in [1.29, 1.82) is 0 Å². The summed E-state index contributed by atoms with van der Waals surface area (Å²) >= 11 is 6.03. The number of aliphatic hydroxyl groups excluding tert-OH is 1. The molecule has 186 valence electrons. The summed E-state index contributed by atoms with van der Waals surface area (Å²) in [7, 11) is 0. The lowest BCUT2D eigenvalue weighted by molar-refractivity contribution is -0.144. The summed E-state index contributed by atoms with van der Waals surface area (Å²) in [5, 5.41) is 25.5. The van der Waals surface area contributed by atoms with Crippen LogP contribution in [0.2, 0.25) is 5.02 Å². The van der Waals surface area contributed by atoms with E-state index in [1.807, 2.05) is 13.8 Å². The van der Waals surface area contributed by atoms with Gasteiger partial charge in [0.05, 0.1) is 29.2 Å². The predicted octanol–water partition coefficient (Wildman–Crippen LogP) is 1.01. The second kappa shape index (κ2) is 10.7. The highest BCUT2D eigenvalue weighted by Crippen LogP contribution is 2.44. The molecule has 11 heteroatoms. The van der Waals surface area contributed by atoms with Crippen molar-refractivity contribution < 1.29 is 29.4 Å². The topological polar surface area (TPSA) is 162 Å². The molecule has 10 nitrogen and oxygen atoms in total. The molecule has 0 radical (unpaired) electrons. The van der Waals surface area contributed by atoms with Gasteiger partial charge in [0.15, 0.2) is 0 Å². The van der Waals surface area contributed by atoms with E-state index in [-0.39, 0.29) is 34.4 Å². The van der Waals surface area contributed by atoms with Crippen LogP contribution in [0.1, 0.15) is 49.9 Å². The van der Waals surface area contributed by atoms with Crippen LogP contribution >= 0.6 is 11.6 Å². The number of aldehydes is 1. The third-order valence-electron chi connectivity index (χ3n) is 6.65. The zero-order valence-corrected chi connectivity index (χ0v) is 19.9. The Morgan fingerprint density at radius 3 is 2.59 bits per heavy atom. The molecule has 1 aliphatic carbocycles. The first-order chi connectivity index (χ1) is 16.0. The van der Waals surface area contributed by atoms with Gasteiger partial charge in [-0.05, 0) is 49.3 Å². The summed E-state index contributed by atoms with van der Waals surface area (Å²) in [6.45, 7) is 3.62. The Morgan fingerprint density at radius 2 is 2.00 bits per heavy atom. The highest BCUT2D eigenvalue weighted by atomic mass is 35.5. The number of carboxylic acid groups (broad SMARTS) is 1. The van der Waals surface area contributed by atoms with E-state index in [9.17, 15) is 24.3 Å². The number of nitrogens with zero attached hydrogens (tertiary/aromatic N) is 1. The fourth-order valence-corrected chi connectivity index (χ4v) is 5.16. The van der Waals surface area contributed by atoms with E-state index >= 15 is 0 Å². The largest absolute Gasteiger partial charge is 0.481 e. The number of hydrogen-bond donors (Lipinski definition) is 5. The number of rotatable bonds is 10. The van der Waals surface area contributed by atoms with E-state index in [0.29, 0.717) is 18.4 Å². The van der Waals surface area contributed by atoms with Gasteiger partial charge in [-0.2, -0.15) is 0 Å². The van der Waals surface area contributed by atoms with Crippen LogP contribution in [0, 0.1) is 11.8 Å². The van der Waals surface area contributed by atoms with Gasteiger partial charge in [-0.3, -0.25) is 19.7 Å². The minimum Gasteiger partial charge on any atom is -0.481 e. The zero-order chi connectivity index (χ0) is 25.2. The summed E-state index contributed by atoms with van der Waals surface area (Å²) in [6.07, 6.45) is 0.957. The molecule has 2 aliphatic rings. The van der Waals surface area contributed by atoms with Gasteiger partial charge < -0.3 is 31.0 Å². The normalized spacial score (nSPS) is 24.0. The average Bonchev–Trinajstić information content (AvgIpc) is 3.39. The van der Waals surface area contributed by atoms with Crippen molar-refractivity contribution in [3.63, 3.8) is 0 Å². The van der Waals surface area contributed by atoms with Crippen molar-refractivity contribution in [3.05, 3.63) is 28.8 Å². The zero-order valence-electron chi connectivity index (χ0n) is 19.1. The van der Waals surface area contributed by atoms with Gasteiger partial charge in [-0.1, -0.05) is 25.4 Å². The van der Waals surface area contributed by atoms with Crippen LogP contribution in [0.3, 0.4) is 0 Å². The fraction of sp³-hybridized carbons (Fsp3) is 0.565. The SMILES string of the molecule is CC(C)C(NC(=O)c1ccc(N)c(Cl)c1)C(=O)N1C2CCC(C2)C1C(O)N[C@H](C=O)CC(=O)O. The number of halogens is 1. The number of benzene rings is 1. The molecule has 6 atom stereocenters. The number of hydrogen-bond acceptors (Lipinski definition) is 7. The third kappa shape index (κ3) is 5.51. The van der Waals surface area contributed by atoms with Crippen LogP contribution in [0.4, 0.5) is 5.69 Å². The first-order valence-electron chi connectivity index (χ1n) is 11.3. The van der Waals surface area contributed by atoms with Crippen LogP contribution in [0.15, 0.2) is 18.2 Å². The monoisotopic (exact) mass is 494 g/mol. The lowest BCUT2D eigenvalue weighted by atomic mass is 9.94. The van der Waals surface area contributed by atoms with Gasteiger partial charge in [-0.15, -0.1) is 0 Å². The van der Waals surface area contributed by atoms with E-state index < -0.39 is 42.7 Å². The molecular weight excluding hydrogens is 464 g/mol. The first kappa shape index (κ1) is 25.9. The molecule has 2 amide bonds. The molecule has 1 saturated heterocycles. The number of amides is 2. The number of carbonyl (C=O) groups is 4. The summed E-state index contributed by atoms with van der Waals surface area (Å²) in [6, 6.07) is 1.79. The fourth-order valence-electron chi connectivity index (χ4n) is 4.98. The standard InChI is InChI=1S/C23H31ClN4O6/c1-11(2)19(27-21(32)13-4-6-17(25)16(24)8-13)23(34)28-15-5-3-12(7-15)20(28)22(33)26-14(10-29)9-18(30)31/h4,6,8,10-12,14-15,19-20,22,26,33H,3,5,7,9,25H2,1-2H3,(H,27,32)(H,30,31)/t12?,14-,15?,19?,20?,22?/m0/s1. The van der Waals surface area contributed by atoms with Crippen LogP contribution in [-0.4, -0.2) is 69.6 Å². The lowest BCUT2D eigenvalue weighted by Crippen LogP contribution is -2.61. The Balaban J connectivity index is 1.79. The number of carbonyl (C=O) groups excluding carboxylic acids is 3. The molecule has 0 aromatic heterocycles. The number of likely N-dealkylation sites (tertiary alicyclic amines) is 1. The van der Waals surface area contributed by atoms with Crippen LogP contribution in [0.25, 0.3) is 0 Å². The van der Waals surface area contributed by atoms with E-state index in [2.05, 4.69) is 10.6 Å². The van der Waals surface area contributed by atoms with Gasteiger partial charge in [0.2, 0.25) is 5.91 Å². The third-order valence-corrected chi connectivity index (χ3v) is 6.97. The highest BCUT2D eigenvalue weighted by molar-refractivity contribution is 6.33. The van der Waals surface area contributed by atoms with E-state index in [1.54, 1.807) is 4.90 Å². The number of aliphatic hydroxyl groups is 1. The van der Waals surface area contributed by atoms with Gasteiger partial charge in [0, 0.05) is 11.6 Å². The van der Waals surface area contributed by atoms with Crippen LogP contribution in [0.5, 0.6) is 0 Å². The first-order valence-corrected chi connectivity index (χ1v) is 11.7. The summed E-state index contributed by atoms with van der Waals surface area (Å²) in [4.78, 5) is 50.4. The van der Waals surface area contributed by atoms with Gasteiger partial charge in [0.1, 0.15) is 18.6 Å². The number of fused-ring (bicyclic) bond motifs is 2. The van der Waals surface area contributed by atoms with Crippen molar-refractivity contribution in [2.75, 3.05) is 5.73 Å². The number of nitrogens with two attached hydrogens (primary N) is 1. The molecular formula is C23H31ClN4O6. The Hall–Kier alpha value is -2.69. The number of nitrogen functional groups attached to an aromatic ring is 1. The Kier molecular flexibility index (Phi) is 8.17. The smallest absolute Gasteiger partial charge is 0.305 e. The molecule has 1 aromatic rings. The maximum atomic E-state index is 13.7. The number of aliphatic carboxylic acids is 1. The number of piperidine rings is 1. The van der Waals surface area contributed by atoms with Crippen LogP contribution < -0.4 is 16.4 Å². The summed E-state index contributed by atoms with van der Waals surface area (Å²) < 4.78 is 0. The van der Waals surface area contributed by atoms with Gasteiger partial charge in [-0.25, -0.2) is 0 Å². The summed E-state index contributed by atoms with van der Waals surface area (Å²) in [5.74, 6) is -2.23. The van der Waals surface area contributed by atoms with E-state index in [1.165, 1.54) is 18.2 Å². The number of nitrogens with one attached hydrogen (secondary N) is 2. The molecule has 1 heterocycles. The van der Waals surface area contributed by atoms with Crippen molar-refractivity contribution in [1.82, 2.24) is 15.5 Å². The van der Waals surface area contributed by atoms with E-state index in [0.717, 1.165) is 12.8 Å². The molecule has 5 unspecified atom stereocenters. The molecule has 1 aromatic carbocycles. The predicted molar refractivity (Wildman–Crippen MR) is 125 cm³/mol. The Bertz CT molecular complexity index is 957. The van der Waals surface area contributed by atoms with Gasteiger partial charge >= 0.3 is 5.97 Å².